The van der Waals surface area contributed by atoms with E-state index in [9.17, 15) is 4.79 Å². The Morgan fingerprint density at radius 3 is 3.06 bits per heavy atom. The van der Waals surface area contributed by atoms with E-state index in [2.05, 4.69) is 15.5 Å². The maximum Gasteiger partial charge on any atom is 0.257 e. The van der Waals surface area contributed by atoms with Gasteiger partial charge in [0.2, 0.25) is 0 Å². The minimum Gasteiger partial charge on any atom is -0.338 e. The maximum absolute atomic E-state index is 12.3. The van der Waals surface area contributed by atoms with Crippen LogP contribution in [0, 0.1) is 18.8 Å². The van der Waals surface area contributed by atoms with Crippen LogP contribution in [0.25, 0.3) is 0 Å². The molecule has 0 radical (unpaired) electrons. The summed E-state index contributed by atoms with van der Waals surface area (Å²) in [6.45, 7) is 5.84. The fourth-order valence-corrected chi connectivity index (χ4v) is 2.96. The third kappa shape index (κ3) is 1.84. The van der Waals surface area contributed by atoms with Crippen molar-refractivity contribution in [2.75, 3.05) is 26.2 Å². The molecule has 2 unspecified atom stereocenters. The molecule has 2 atom stereocenters. The van der Waals surface area contributed by atoms with Gasteiger partial charge in [0.1, 0.15) is 0 Å². The molecule has 2 N–H and O–H groups in total. The van der Waals surface area contributed by atoms with Crippen molar-refractivity contribution in [2.24, 2.45) is 11.8 Å². The molecule has 2 aliphatic rings. The van der Waals surface area contributed by atoms with Crippen molar-refractivity contribution in [1.82, 2.24) is 20.4 Å². The van der Waals surface area contributed by atoms with Crippen molar-refractivity contribution in [3.8, 4) is 0 Å². The number of fused-ring (bicyclic) bond motifs is 1. The number of hydrogen-bond acceptors (Lipinski definition) is 3. The number of aryl methyl sites for hydroxylation is 1. The van der Waals surface area contributed by atoms with Gasteiger partial charge < -0.3 is 10.2 Å². The maximum atomic E-state index is 12.3. The van der Waals surface area contributed by atoms with E-state index >= 15 is 0 Å². The Labute approximate surface area is 101 Å². The summed E-state index contributed by atoms with van der Waals surface area (Å²) in [5.41, 5.74) is 1.58. The molecular formula is C12H18N4O. The average molecular weight is 234 g/mol. The number of nitrogens with one attached hydrogen (secondary N) is 2. The zero-order valence-electron chi connectivity index (χ0n) is 10.1. The van der Waals surface area contributed by atoms with Crippen molar-refractivity contribution in [2.45, 2.75) is 13.3 Å². The van der Waals surface area contributed by atoms with Crippen LogP contribution in [0.2, 0.25) is 0 Å². The topological polar surface area (TPSA) is 61.0 Å². The summed E-state index contributed by atoms with van der Waals surface area (Å²) in [5.74, 6) is 1.53. The molecule has 2 aliphatic heterocycles. The van der Waals surface area contributed by atoms with E-state index in [0.29, 0.717) is 5.92 Å². The van der Waals surface area contributed by atoms with Crippen LogP contribution in [0.15, 0.2) is 6.20 Å². The van der Waals surface area contributed by atoms with Crippen LogP contribution in [0.1, 0.15) is 22.5 Å². The van der Waals surface area contributed by atoms with Gasteiger partial charge in [0.25, 0.3) is 5.91 Å². The molecule has 2 fully saturated rings. The van der Waals surface area contributed by atoms with Gasteiger partial charge in [0.05, 0.1) is 11.8 Å². The van der Waals surface area contributed by atoms with Gasteiger partial charge in [-0.05, 0) is 38.3 Å². The molecule has 3 heterocycles. The number of piperidine rings is 1. The van der Waals surface area contributed by atoms with Gasteiger partial charge in [-0.3, -0.25) is 9.89 Å². The fraction of sp³-hybridized carbons (Fsp3) is 0.667. The number of carbonyl (C=O) groups is 1. The van der Waals surface area contributed by atoms with E-state index in [1.807, 2.05) is 11.8 Å². The molecule has 5 nitrogen and oxygen atoms in total. The van der Waals surface area contributed by atoms with Gasteiger partial charge in [-0.1, -0.05) is 0 Å². The number of rotatable bonds is 1. The van der Waals surface area contributed by atoms with Crippen LogP contribution in [0.5, 0.6) is 0 Å². The first-order valence-corrected chi connectivity index (χ1v) is 6.25. The van der Waals surface area contributed by atoms with Crippen LogP contribution in [-0.4, -0.2) is 47.2 Å². The van der Waals surface area contributed by atoms with Crippen molar-refractivity contribution < 1.29 is 4.79 Å². The molecule has 0 bridgehead atoms. The molecule has 0 saturated carbocycles. The lowest BCUT2D eigenvalue weighted by Crippen LogP contribution is -2.43. The van der Waals surface area contributed by atoms with E-state index in [1.165, 1.54) is 0 Å². The van der Waals surface area contributed by atoms with E-state index < -0.39 is 0 Å². The van der Waals surface area contributed by atoms with Crippen LogP contribution in [0.4, 0.5) is 0 Å². The standard InChI is InChI=1S/C12H18N4O/c1-8-11(6-14-15-8)12(17)16-3-2-9-4-13-5-10(9)7-16/h6,9-10,13H,2-5,7H2,1H3,(H,14,15). The molecule has 1 amide bonds. The monoisotopic (exact) mass is 234 g/mol. The highest BCUT2D eigenvalue weighted by molar-refractivity contribution is 5.95. The molecule has 5 heteroatoms. The van der Waals surface area contributed by atoms with Crippen molar-refractivity contribution in [3.05, 3.63) is 17.5 Å². The van der Waals surface area contributed by atoms with Crippen LogP contribution in [0.3, 0.4) is 0 Å². The van der Waals surface area contributed by atoms with Gasteiger partial charge in [0.15, 0.2) is 0 Å². The Balaban J connectivity index is 1.73. The summed E-state index contributed by atoms with van der Waals surface area (Å²) in [5, 5.41) is 10.2. The normalized spacial score (nSPS) is 28.2. The number of nitrogens with zero attached hydrogens (tertiary/aromatic N) is 2. The molecule has 1 aromatic rings. The molecule has 0 aliphatic carbocycles. The summed E-state index contributed by atoms with van der Waals surface area (Å²) >= 11 is 0. The first-order valence-electron chi connectivity index (χ1n) is 6.25. The summed E-state index contributed by atoms with van der Waals surface area (Å²) in [6, 6.07) is 0. The van der Waals surface area contributed by atoms with Crippen LogP contribution < -0.4 is 5.32 Å². The lowest BCUT2D eigenvalue weighted by atomic mass is 9.88. The number of amides is 1. The third-order valence-corrected chi connectivity index (χ3v) is 4.05. The minimum atomic E-state index is 0.126. The van der Waals surface area contributed by atoms with Gasteiger partial charge in [-0.2, -0.15) is 5.10 Å². The Hall–Kier alpha value is -1.36. The molecule has 0 spiro atoms. The molecule has 3 rings (SSSR count). The number of aromatic nitrogens is 2. The summed E-state index contributed by atoms with van der Waals surface area (Å²) in [7, 11) is 0. The second-order valence-corrected chi connectivity index (χ2v) is 5.13. The largest absolute Gasteiger partial charge is 0.338 e. The molecule has 17 heavy (non-hydrogen) atoms. The van der Waals surface area contributed by atoms with Gasteiger partial charge in [-0.15, -0.1) is 0 Å². The number of aromatic amines is 1. The van der Waals surface area contributed by atoms with Gasteiger partial charge in [-0.25, -0.2) is 0 Å². The Morgan fingerprint density at radius 2 is 2.29 bits per heavy atom. The number of likely N-dealkylation sites (tertiary alicyclic amines) is 1. The fourth-order valence-electron chi connectivity index (χ4n) is 2.96. The Bertz CT molecular complexity index is 428. The first-order chi connectivity index (χ1) is 8.25. The van der Waals surface area contributed by atoms with Gasteiger partial charge in [0, 0.05) is 18.8 Å². The molecule has 0 aromatic carbocycles. The predicted molar refractivity (Wildman–Crippen MR) is 63.7 cm³/mol. The smallest absolute Gasteiger partial charge is 0.257 e. The zero-order valence-corrected chi connectivity index (χ0v) is 10.1. The van der Waals surface area contributed by atoms with Crippen molar-refractivity contribution in [1.29, 1.82) is 0 Å². The van der Waals surface area contributed by atoms with Crippen molar-refractivity contribution >= 4 is 5.91 Å². The Morgan fingerprint density at radius 1 is 1.47 bits per heavy atom. The second-order valence-electron chi connectivity index (χ2n) is 5.13. The van der Waals surface area contributed by atoms with E-state index in [4.69, 9.17) is 0 Å². The minimum absolute atomic E-state index is 0.126. The number of carbonyl (C=O) groups excluding carboxylic acids is 1. The molecular weight excluding hydrogens is 216 g/mol. The third-order valence-electron chi connectivity index (χ3n) is 4.05. The highest BCUT2D eigenvalue weighted by Crippen LogP contribution is 2.27. The number of H-pyrrole nitrogens is 1. The highest BCUT2D eigenvalue weighted by atomic mass is 16.2. The quantitative estimate of drug-likeness (QED) is 0.739. The SMILES string of the molecule is Cc1[nH]ncc1C(=O)N1CCC2CNCC2C1. The zero-order chi connectivity index (χ0) is 11.8. The van der Waals surface area contributed by atoms with E-state index in [0.717, 1.165) is 49.8 Å². The predicted octanol–water partition coefficient (Wildman–Crippen LogP) is 0.400. The molecule has 2 saturated heterocycles. The lowest BCUT2D eigenvalue weighted by molar-refractivity contribution is 0.0642. The Kier molecular flexibility index (Phi) is 2.63. The van der Waals surface area contributed by atoms with Crippen LogP contribution in [-0.2, 0) is 0 Å². The summed E-state index contributed by atoms with van der Waals surface area (Å²) in [6.07, 6.45) is 2.76. The van der Waals surface area contributed by atoms with Crippen LogP contribution >= 0.6 is 0 Å². The lowest BCUT2D eigenvalue weighted by Gasteiger charge is -2.34. The molecule has 92 valence electrons. The van der Waals surface area contributed by atoms with E-state index in [1.54, 1.807) is 6.20 Å². The average Bonchev–Trinajstić information content (AvgIpc) is 2.95. The van der Waals surface area contributed by atoms with Crippen molar-refractivity contribution in [3.63, 3.8) is 0 Å². The summed E-state index contributed by atoms with van der Waals surface area (Å²) < 4.78 is 0. The highest BCUT2D eigenvalue weighted by Gasteiger charge is 2.35. The number of hydrogen-bond donors (Lipinski definition) is 2. The van der Waals surface area contributed by atoms with Gasteiger partial charge >= 0.3 is 0 Å². The molecule has 1 aromatic heterocycles. The van der Waals surface area contributed by atoms with E-state index in [-0.39, 0.29) is 5.91 Å². The summed E-state index contributed by atoms with van der Waals surface area (Å²) in [4.78, 5) is 14.3. The first kappa shape index (κ1) is 10.8. The second kappa shape index (κ2) is 4.14.